The second-order valence-corrected chi connectivity index (χ2v) is 7.77. The molecule has 5 nitrogen and oxygen atoms in total. The summed E-state index contributed by atoms with van der Waals surface area (Å²) in [5.74, 6) is 0.265. The van der Waals surface area contributed by atoms with Crippen molar-refractivity contribution in [3.05, 3.63) is 47.3 Å². The van der Waals surface area contributed by atoms with Gasteiger partial charge in [0.15, 0.2) is 0 Å². The van der Waals surface area contributed by atoms with Crippen LogP contribution in [0.4, 0.5) is 5.69 Å². The first kappa shape index (κ1) is 18.7. The molecule has 0 saturated carbocycles. The molecule has 0 spiro atoms. The molecule has 0 unspecified atom stereocenters. The Bertz CT molecular complexity index is 922. The highest BCUT2D eigenvalue weighted by atomic mass is 16.2. The van der Waals surface area contributed by atoms with Gasteiger partial charge in [0.2, 0.25) is 11.8 Å². The van der Waals surface area contributed by atoms with Crippen molar-refractivity contribution in [3.8, 4) is 11.1 Å². The highest BCUT2D eigenvalue weighted by Gasteiger charge is 2.25. The second-order valence-electron chi connectivity index (χ2n) is 7.77. The lowest BCUT2D eigenvalue weighted by Gasteiger charge is -2.28. The number of nitrogens with zero attached hydrogens (tertiary/aromatic N) is 2. The van der Waals surface area contributed by atoms with E-state index in [4.69, 9.17) is 0 Å². The molecule has 1 aromatic carbocycles. The van der Waals surface area contributed by atoms with E-state index in [1.807, 2.05) is 26.4 Å². The molecule has 0 saturated heterocycles. The fraction of sp³-hybridized carbons (Fsp3) is 0.435. The van der Waals surface area contributed by atoms with Gasteiger partial charge >= 0.3 is 0 Å². The Kier molecular flexibility index (Phi) is 5.16. The number of pyridine rings is 1. The zero-order chi connectivity index (χ0) is 19.7. The summed E-state index contributed by atoms with van der Waals surface area (Å²) in [6.45, 7) is 1.88. The van der Waals surface area contributed by atoms with Crippen molar-refractivity contribution >= 4 is 17.5 Å². The lowest BCUT2D eigenvalue weighted by Crippen LogP contribution is -2.30. The Labute approximate surface area is 166 Å². The van der Waals surface area contributed by atoms with Crippen LogP contribution in [0, 0.1) is 0 Å². The standard InChI is InChI=1S/C23H27N3O2/c1-3-22(27)25-20-8-5-7-17-18(13-24-14-19(17)20)15-10-11-21-16(12-15)6-4-9-23(28)26(21)2/h10-14,20H,3-9H2,1-2H3,(H,25,27)/t20-/m1/s1. The zero-order valence-corrected chi connectivity index (χ0v) is 16.6. The van der Waals surface area contributed by atoms with Gasteiger partial charge in [0.05, 0.1) is 6.04 Å². The second kappa shape index (κ2) is 7.74. The predicted octanol–water partition coefficient (Wildman–Crippen LogP) is 3.95. The highest BCUT2D eigenvalue weighted by molar-refractivity contribution is 5.94. The summed E-state index contributed by atoms with van der Waals surface area (Å²) in [5.41, 5.74) is 6.96. The number of aromatic nitrogens is 1. The molecular formula is C23H27N3O2. The number of hydrogen-bond donors (Lipinski definition) is 1. The monoisotopic (exact) mass is 377 g/mol. The molecule has 5 heteroatoms. The summed E-state index contributed by atoms with van der Waals surface area (Å²) < 4.78 is 0. The lowest BCUT2D eigenvalue weighted by molar-refractivity contribution is -0.121. The molecule has 28 heavy (non-hydrogen) atoms. The molecule has 1 aliphatic carbocycles. The lowest BCUT2D eigenvalue weighted by atomic mass is 9.84. The third kappa shape index (κ3) is 3.41. The van der Waals surface area contributed by atoms with Crippen molar-refractivity contribution in [1.29, 1.82) is 0 Å². The number of carbonyl (C=O) groups excluding carboxylic acids is 2. The van der Waals surface area contributed by atoms with Gasteiger partial charge in [-0.05, 0) is 66.5 Å². The fourth-order valence-corrected chi connectivity index (χ4v) is 4.43. The van der Waals surface area contributed by atoms with Gasteiger partial charge in [-0.2, -0.15) is 0 Å². The van der Waals surface area contributed by atoms with Crippen LogP contribution in [0.1, 0.15) is 61.8 Å². The average Bonchev–Trinajstić information content (AvgIpc) is 2.86. The Morgan fingerprint density at radius 1 is 1.21 bits per heavy atom. The van der Waals surface area contributed by atoms with E-state index in [1.165, 1.54) is 11.1 Å². The average molecular weight is 377 g/mol. The van der Waals surface area contributed by atoms with Crippen molar-refractivity contribution in [2.45, 2.75) is 57.9 Å². The van der Waals surface area contributed by atoms with E-state index in [0.29, 0.717) is 12.8 Å². The van der Waals surface area contributed by atoms with Crippen molar-refractivity contribution in [1.82, 2.24) is 10.3 Å². The maximum absolute atomic E-state index is 12.2. The number of anilines is 1. The van der Waals surface area contributed by atoms with Gasteiger partial charge < -0.3 is 10.2 Å². The molecule has 4 rings (SSSR count). The minimum Gasteiger partial charge on any atom is -0.349 e. The van der Waals surface area contributed by atoms with Crippen LogP contribution in [0.25, 0.3) is 11.1 Å². The van der Waals surface area contributed by atoms with Gasteiger partial charge in [-0.3, -0.25) is 14.6 Å². The summed E-state index contributed by atoms with van der Waals surface area (Å²) >= 11 is 0. The topological polar surface area (TPSA) is 62.3 Å². The van der Waals surface area contributed by atoms with Crippen molar-refractivity contribution in [2.75, 3.05) is 11.9 Å². The van der Waals surface area contributed by atoms with Crippen LogP contribution in [0.2, 0.25) is 0 Å². The number of carbonyl (C=O) groups is 2. The van der Waals surface area contributed by atoms with Gasteiger partial charge in [-0.1, -0.05) is 13.0 Å². The molecule has 0 fully saturated rings. The van der Waals surface area contributed by atoms with Gasteiger partial charge in [0.25, 0.3) is 0 Å². The molecule has 1 aromatic heterocycles. The SMILES string of the molecule is CCC(=O)N[C@@H]1CCCc2c(-c3ccc4c(c3)CCCC(=O)N4C)cncc21. The van der Waals surface area contributed by atoms with Gasteiger partial charge in [0.1, 0.15) is 0 Å². The molecule has 1 N–H and O–H groups in total. The minimum absolute atomic E-state index is 0.0493. The third-order valence-electron chi connectivity index (χ3n) is 6.00. The molecule has 2 heterocycles. The summed E-state index contributed by atoms with van der Waals surface area (Å²) in [6, 6.07) is 6.43. The van der Waals surface area contributed by atoms with Gasteiger partial charge in [-0.25, -0.2) is 0 Å². The molecule has 1 aliphatic heterocycles. The number of hydrogen-bond acceptors (Lipinski definition) is 3. The maximum Gasteiger partial charge on any atom is 0.226 e. The minimum atomic E-state index is 0.0493. The van der Waals surface area contributed by atoms with Gasteiger partial charge in [-0.15, -0.1) is 0 Å². The zero-order valence-electron chi connectivity index (χ0n) is 16.6. The predicted molar refractivity (Wildman–Crippen MR) is 110 cm³/mol. The molecule has 0 bridgehead atoms. The summed E-state index contributed by atoms with van der Waals surface area (Å²) in [5, 5.41) is 3.15. The van der Waals surface area contributed by atoms with Crippen LogP contribution in [0.5, 0.6) is 0 Å². The third-order valence-corrected chi connectivity index (χ3v) is 6.00. The van der Waals surface area contributed by atoms with Crippen LogP contribution < -0.4 is 10.2 Å². The number of fused-ring (bicyclic) bond motifs is 2. The van der Waals surface area contributed by atoms with Crippen LogP contribution in [0.15, 0.2) is 30.6 Å². The number of rotatable bonds is 3. The fourth-order valence-electron chi connectivity index (χ4n) is 4.43. The summed E-state index contributed by atoms with van der Waals surface area (Å²) in [4.78, 5) is 30.4. The van der Waals surface area contributed by atoms with Gasteiger partial charge in [0, 0.05) is 43.5 Å². The van der Waals surface area contributed by atoms with E-state index in [9.17, 15) is 9.59 Å². The van der Waals surface area contributed by atoms with Crippen LogP contribution in [-0.4, -0.2) is 23.8 Å². The Morgan fingerprint density at radius 3 is 2.89 bits per heavy atom. The van der Waals surface area contributed by atoms with E-state index in [1.54, 1.807) is 4.90 Å². The molecule has 2 aromatic rings. The quantitative estimate of drug-likeness (QED) is 0.881. The first-order valence-corrected chi connectivity index (χ1v) is 10.2. The molecule has 2 amide bonds. The molecule has 146 valence electrons. The smallest absolute Gasteiger partial charge is 0.226 e. The van der Waals surface area contributed by atoms with Crippen molar-refractivity contribution < 1.29 is 9.59 Å². The van der Waals surface area contributed by atoms with Crippen LogP contribution in [-0.2, 0) is 22.4 Å². The normalized spacial score (nSPS) is 18.9. The van der Waals surface area contributed by atoms with E-state index < -0.39 is 0 Å². The van der Waals surface area contributed by atoms with E-state index in [2.05, 4.69) is 28.5 Å². The van der Waals surface area contributed by atoms with Crippen LogP contribution in [0.3, 0.4) is 0 Å². The first-order valence-electron chi connectivity index (χ1n) is 10.2. The van der Waals surface area contributed by atoms with E-state index >= 15 is 0 Å². The summed E-state index contributed by atoms with van der Waals surface area (Å²) in [7, 11) is 1.86. The first-order chi connectivity index (χ1) is 13.6. The largest absolute Gasteiger partial charge is 0.349 e. The molecule has 0 radical (unpaired) electrons. The molecule has 2 aliphatic rings. The Morgan fingerprint density at radius 2 is 2.07 bits per heavy atom. The van der Waals surface area contributed by atoms with Crippen molar-refractivity contribution in [3.63, 3.8) is 0 Å². The molecular weight excluding hydrogens is 350 g/mol. The highest BCUT2D eigenvalue weighted by Crippen LogP contribution is 2.37. The number of nitrogens with one attached hydrogen (secondary N) is 1. The Hall–Kier alpha value is -2.69. The van der Waals surface area contributed by atoms with Crippen LogP contribution >= 0.6 is 0 Å². The number of benzene rings is 1. The number of aryl methyl sites for hydroxylation is 1. The number of amides is 2. The summed E-state index contributed by atoms with van der Waals surface area (Å²) in [6.07, 6.45) is 9.76. The van der Waals surface area contributed by atoms with Crippen molar-refractivity contribution in [2.24, 2.45) is 0 Å². The molecule has 1 atom stereocenters. The maximum atomic E-state index is 12.2. The van der Waals surface area contributed by atoms with E-state index in [0.717, 1.165) is 54.5 Å². The Balaban J connectivity index is 1.73. The van der Waals surface area contributed by atoms with E-state index in [-0.39, 0.29) is 17.9 Å².